The number of methoxy groups -OCH3 is 1. The number of benzene rings is 2. The summed E-state index contributed by atoms with van der Waals surface area (Å²) in [5.41, 5.74) is 14.4. The second-order valence-corrected chi connectivity index (χ2v) is 4.46. The van der Waals surface area contributed by atoms with Crippen LogP contribution >= 0.6 is 0 Å². The summed E-state index contributed by atoms with van der Waals surface area (Å²) in [7, 11) is 1.58. The van der Waals surface area contributed by atoms with Crippen molar-refractivity contribution in [2.45, 2.75) is 6.92 Å². The normalized spacial score (nSPS) is 10.1. The molecule has 0 saturated carbocycles. The SMILES string of the molecule is COc1ccc(C)cc1Nc1c(N)cccc1C(N)=O. The van der Waals surface area contributed by atoms with Gasteiger partial charge in [-0.15, -0.1) is 0 Å². The molecule has 0 saturated heterocycles. The molecule has 0 spiro atoms. The van der Waals surface area contributed by atoms with Crippen molar-refractivity contribution in [1.29, 1.82) is 0 Å². The molecule has 2 aromatic rings. The van der Waals surface area contributed by atoms with Crippen LogP contribution in [0.2, 0.25) is 0 Å². The van der Waals surface area contributed by atoms with Crippen LogP contribution in [-0.2, 0) is 0 Å². The molecule has 2 rings (SSSR count). The zero-order chi connectivity index (χ0) is 14.7. The lowest BCUT2D eigenvalue weighted by Crippen LogP contribution is -2.14. The van der Waals surface area contributed by atoms with Gasteiger partial charge in [0.05, 0.1) is 29.7 Å². The fourth-order valence-corrected chi connectivity index (χ4v) is 1.97. The van der Waals surface area contributed by atoms with Gasteiger partial charge in [0.25, 0.3) is 5.91 Å². The molecule has 0 fully saturated rings. The number of hydrogen-bond donors (Lipinski definition) is 3. The van der Waals surface area contributed by atoms with Crippen LogP contribution in [0.25, 0.3) is 0 Å². The van der Waals surface area contributed by atoms with E-state index in [9.17, 15) is 4.79 Å². The molecule has 0 aliphatic heterocycles. The molecule has 0 aromatic heterocycles. The largest absolute Gasteiger partial charge is 0.495 e. The molecular formula is C15H17N3O2. The van der Waals surface area contributed by atoms with Crippen LogP contribution in [0.1, 0.15) is 15.9 Å². The average molecular weight is 271 g/mol. The van der Waals surface area contributed by atoms with Gasteiger partial charge in [0.1, 0.15) is 5.75 Å². The average Bonchev–Trinajstić information content (AvgIpc) is 2.41. The molecular weight excluding hydrogens is 254 g/mol. The molecule has 5 N–H and O–H groups in total. The number of nitrogen functional groups attached to an aromatic ring is 1. The van der Waals surface area contributed by atoms with Crippen LogP contribution in [0.5, 0.6) is 5.75 Å². The van der Waals surface area contributed by atoms with Gasteiger partial charge in [-0.3, -0.25) is 4.79 Å². The van der Waals surface area contributed by atoms with Gasteiger partial charge in [-0.05, 0) is 36.8 Å². The van der Waals surface area contributed by atoms with Crippen molar-refractivity contribution >= 4 is 23.0 Å². The number of nitrogens with two attached hydrogens (primary N) is 2. The number of carbonyl (C=O) groups is 1. The van der Waals surface area contributed by atoms with Gasteiger partial charge < -0.3 is 21.5 Å². The third-order valence-electron chi connectivity index (χ3n) is 2.98. The first-order valence-electron chi connectivity index (χ1n) is 6.13. The van der Waals surface area contributed by atoms with Crippen molar-refractivity contribution in [3.63, 3.8) is 0 Å². The van der Waals surface area contributed by atoms with Crippen LogP contribution in [0.15, 0.2) is 36.4 Å². The second kappa shape index (κ2) is 5.52. The molecule has 0 bridgehead atoms. The quantitative estimate of drug-likeness (QED) is 0.745. The van der Waals surface area contributed by atoms with Crippen LogP contribution in [0.3, 0.4) is 0 Å². The van der Waals surface area contributed by atoms with E-state index >= 15 is 0 Å². The molecule has 5 nitrogen and oxygen atoms in total. The number of amides is 1. The number of hydrogen-bond acceptors (Lipinski definition) is 4. The maximum atomic E-state index is 11.5. The minimum Gasteiger partial charge on any atom is -0.495 e. The number of anilines is 3. The molecule has 0 aliphatic carbocycles. The number of ether oxygens (including phenoxy) is 1. The standard InChI is InChI=1S/C15H17N3O2/c1-9-6-7-13(20-2)12(8-9)18-14-10(15(17)19)4-3-5-11(14)16/h3-8,18H,16H2,1-2H3,(H2,17,19). The predicted octanol–water partition coefficient (Wildman–Crippen LogP) is 2.43. The lowest BCUT2D eigenvalue weighted by Gasteiger charge is -2.15. The summed E-state index contributed by atoms with van der Waals surface area (Å²) in [5.74, 6) is 0.126. The van der Waals surface area contributed by atoms with E-state index in [0.717, 1.165) is 11.3 Å². The number of carbonyl (C=O) groups excluding carboxylic acids is 1. The molecule has 1 amide bonds. The molecule has 0 atom stereocenters. The van der Waals surface area contributed by atoms with Gasteiger partial charge >= 0.3 is 0 Å². The summed E-state index contributed by atoms with van der Waals surface area (Å²) in [6.45, 7) is 1.97. The number of para-hydroxylation sites is 1. The summed E-state index contributed by atoms with van der Waals surface area (Å²) in [5, 5.41) is 3.13. The molecule has 0 unspecified atom stereocenters. The monoisotopic (exact) mass is 271 g/mol. The Hall–Kier alpha value is -2.69. The minimum absolute atomic E-state index is 0.341. The van der Waals surface area contributed by atoms with Crippen molar-refractivity contribution in [1.82, 2.24) is 0 Å². The lowest BCUT2D eigenvalue weighted by molar-refractivity contribution is 0.100. The summed E-state index contributed by atoms with van der Waals surface area (Å²) < 4.78 is 5.29. The minimum atomic E-state index is -0.536. The smallest absolute Gasteiger partial charge is 0.250 e. The van der Waals surface area contributed by atoms with E-state index in [1.54, 1.807) is 25.3 Å². The molecule has 5 heteroatoms. The van der Waals surface area contributed by atoms with E-state index in [1.807, 2.05) is 25.1 Å². The van der Waals surface area contributed by atoms with Gasteiger partial charge in [0, 0.05) is 0 Å². The summed E-state index contributed by atoms with van der Waals surface area (Å²) in [6, 6.07) is 10.7. The Labute approximate surface area is 117 Å². The van der Waals surface area contributed by atoms with Gasteiger partial charge in [0.2, 0.25) is 0 Å². The fourth-order valence-electron chi connectivity index (χ4n) is 1.97. The summed E-state index contributed by atoms with van der Waals surface area (Å²) >= 11 is 0. The third-order valence-corrected chi connectivity index (χ3v) is 2.98. The summed E-state index contributed by atoms with van der Waals surface area (Å²) in [6.07, 6.45) is 0. The Kier molecular flexibility index (Phi) is 3.79. The topological polar surface area (TPSA) is 90.4 Å². The molecule has 104 valence electrons. The first kappa shape index (κ1) is 13.7. The van der Waals surface area contributed by atoms with Gasteiger partial charge in [-0.1, -0.05) is 12.1 Å². The zero-order valence-electron chi connectivity index (χ0n) is 11.4. The Morgan fingerprint density at radius 3 is 2.65 bits per heavy atom. The molecule has 0 aliphatic rings. The van der Waals surface area contributed by atoms with Crippen molar-refractivity contribution in [3.05, 3.63) is 47.5 Å². The van der Waals surface area contributed by atoms with Gasteiger partial charge in [-0.2, -0.15) is 0 Å². The molecule has 0 heterocycles. The predicted molar refractivity (Wildman–Crippen MR) is 80.4 cm³/mol. The first-order chi connectivity index (χ1) is 9.52. The highest BCUT2D eigenvalue weighted by atomic mass is 16.5. The molecule has 0 radical (unpaired) electrons. The van der Waals surface area contributed by atoms with Crippen molar-refractivity contribution < 1.29 is 9.53 Å². The van der Waals surface area contributed by atoms with Crippen LogP contribution < -0.4 is 21.5 Å². The Balaban J connectivity index is 2.50. The molecule has 2 aromatic carbocycles. The number of aryl methyl sites for hydroxylation is 1. The van der Waals surface area contributed by atoms with Crippen LogP contribution in [0.4, 0.5) is 17.1 Å². The van der Waals surface area contributed by atoms with Crippen LogP contribution in [0, 0.1) is 6.92 Å². The van der Waals surface area contributed by atoms with Crippen molar-refractivity contribution in [2.24, 2.45) is 5.73 Å². The number of nitrogens with one attached hydrogen (secondary N) is 1. The van der Waals surface area contributed by atoms with Crippen LogP contribution in [-0.4, -0.2) is 13.0 Å². The third kappa shape index (κ3) is 2.66. The highest BCUT2D eigenvalue weighted by Gasteiger charge is 2.13. The van der Waals surface area contributed by atoms with E-state index in [0.29, 0.717) is 22.7 Å². The number of rotatable bonds is 4. The van der Waals surface area contributed by atoms with E-state index < -0.39 is 5.91 Å². The first-order valence-corrected chi connectivity index (χ1v) is 6.13. The maximum Gasteiger partial charge on any atom is 0.250 e. The van der Waals surface area contributed by atoms with E-state index in [1.165, 1.54) is 0 Å². The maximum absolute atomic E-state index is 11.5. The zero-order valence-corrected chi connectivity index (χ0v) is 11.4. The molecule has 20 heavy (non-hydrogen) atoms. The van der Waals surface area contributed by atoms with E-state index in [4.69, 9.17) is 16.2 Å². The summed E-state index contributed by atoms with van der Waals surface area (Å²) in [4.78, 5) is 11.5. The van der Waals surface area contributed by atoms with Gasteiger partial charge in [-0.25, -0.2) is 0 Å². The Morgan fingerprint density at radius 2 is 2.00 bits per heavy atom. The van der Waals surface area contributed by atoms with Crippen molar-refractivity contribution in [3.8, 4) is 5.75 Å². The fraction of sp³-hybridized carbons (Fsp3) is 0.133. The van der Waals surface area contributed by atoms with Crippen molar-refractivity contribution in [2.75, 3.05) is 18.2 Å². The Morgan fingerprint density at radius 1 is 1.25 bits per heavy atom. The van der Waals surface area contributed by atoms with E-state index in [2.05, 4.69) is 5.32 Å². The number of primary amides is 1. The second-order valence-electron chi connectivity index (χ2n) is 4.46. The Bertz CT molecular complexity index is 654. The highest BCUT2D eigenvalue weighted by molar-refractivity contribution is 6.02. The highest BCUT2D eigenvalue weighted by Crippen LogP contribution is 2.32. The van der Waals surface area contributed by atoms with Gasteiger partial charge in [0.15, 0.2) is 0 Å². The van der Waals surface area contributed by atoms with E-state index in [-0.39, 0.29) is 0 Å². The lowest BCUT2D eigenvalue weighted by atomic mass is 10.1.